The maximum absolute atomic E-state index is 5.61. The highest BCUT2D eigenvalue weighted by molar-refractivity contribution is 5.45. The molecule has 1 heterocycles. The number of nitrogens with two attached hydrogens (primary N) is 1. The zero-order chi connectivity index (χ0) is 7.84. The Labute approximate surface area is 64.9 Å². The molecule has 0 atom stereocenters. The van der Waals surface area contributed by atoms with Crippen molar-refractivity contribution >= 4 is 5.69 Å². The highest BCUT2D eigenvalue weighted by Gasteiger charge is 2.25. The molecule has 1 aliphatic rings. The lowest BCUT2D eigenvalue weighted by molar-refractivity contribution is 0.390. The number of nitrogen functional groups attached to an aromatic ring is 1. The van der Waals surface area contributed by atoms with Crippen LogP contribution < -0.4 is 10.5 Å². The molecule has 0 bridgehead atoms. The molecular formula is C7H11N3O. The molecule has 0 aromatic carbocycles. The first kappa shape index (κ1) is 6.52. The second kappa shape index (κ2) is 2.15. The van der Waals surface area contributed by atoms with Crippen molar-refractivity contribution in [3.8, 4) is 5.88 Å². The van der Waals surface area contributed by atoms with Gasteiger partial charge in [0.2, 0.25) is 0 Å². The molecule has 1 saturated carbocycles. The minimum atomic E-state index is 0.539. The van der Waals surface area contributed by atoms with Gasteiger partial charge in [0.05, 0.1) is 19.3 Å². The van der Waals surface area contributed by atoms with Gasteiger partial charge < -0.3 is 10.5 Å². The van der Waals surface area contributed by atoms with E-state index in [9.17, 15) is 0 Å². The molecule has 1 aromatic rings. The normalized spacial score (nSPS) is 16.8. The van der Waals surface area contributed by atoms with Crippen molar-refractivity contribution in [1.82, 2.24) is 9.78 Å². The quantitative estimate of drug-likeness (QED) is 0.684. The Hall–Kier alpha value is -1.19. The Morgan fingerprint density at radius 2 is 2.45 bits per heavy atom. The van der Waals surface area contributed by atoms with E-state index in [0.717, 1.165) is 0 Å². The van der Waals surface area contributed by atoms with Crippen LogP contribution in [0.5, 0.6) is 5.88 Å². The van der Waals surface area contributed by atoms with E-state index in [1.54, 1.807) is 7.11 Å². The smallest absolute Gasteiger partial charge is 0.256 e. The van der Waals surface area contributed by atoms with Crippen LogP contribution >= 0.6 is 0 Å². The van der Waals surface area contributed by atoms with Crippen molar-refractivity contribution in [2.45, 2.75) is 18.9 Å². The molecule has 0 saturated heterocycles. The third-order valence-electron chi connectivity index (χ3n) is 1.84. The molecule has 2 rings (SSSR count). The van der Waals surface area contributed by atoms with Crippen LogP contribution in [0.15, 0.2) is 6.20 Å². The third-order valence-corrected chi connectivity index (χ3v) is 1.84. The first-order valence-corrected chi connectivity index (χ1v) is 3.70. The molecular weight excluding hydrogens is 142 g/mol. The maximum Gasteiger partial charge on any atom is 0.256 e. The van der Waals surface area contributed by atoms with E-state index in [0.29, 0.717) is 17.6 Å². The zero-order valence-electron chi connectivity index (χ0n) is 6.45. The van der Waals surface area contributed by atoms with Crippen LogP contribution in [0.3, 0.4) is 0 Å². The lowest BCUT2D eigenvalue weighted by Gasteiger charge is -1.93. The van der Waals surface area contributed by atoms with Gasteiger partial charge in [-0.1, -0.05) is 0 Å². The van der Waals surface area contributed by atoms with E-state index in [1.807, 2.05) is 10.9 Å². The summed E-state index contributed by atoms with van der Waals surface area (Å²) >= 11 is 0. The number of rotatable bonds is 2. The highest BCUT2D eigenvalue weighted by atomic mass is 16.5. The molecule has 0 radical (unpaired) electrons. The number of methoxy groups -OCH3 is 1. The van der Waals surface area contributed by atoms with E-state index >= 15 is 0 Å². The number of hydrogen-bond donors (Lipinski definition) is 1. The third kappa shape index (κ3) is 1.04. The lowest BCUT2D eigenvalue weighted by atomic mass is 10.6. The van der Waals surface area contributed by atoms with E-state index < -0.39 is 0 Å². The van der Waals surface area contributed by atoms with Gasteiger partial charge in [-0.05, 0) is 12.8 Å². The van der Waals surface area contributed by atoms with Gasteiger partial charge in [0.1, 0.15) is 5.69 Å². The van der Waals surface area contributed by atoms with Gasteiger partial charge in [0.15, 0.2) is 0 Å². The van der Waals surface area contributed by atoms with Crippen LogP contribution in [0.1, 0.15) is 18.9 Å². The van der Waals surface area contributed by atoms with E-state index in [1.165, 1.54) is 12.8 Å². The van der Waals surface area contributed by atoms with Crippen LogP contribution in [0, 0.1) is 0 Å². The van der Waals surface area contributed by atoms with Crippen LogP contribution in [0.4, 0.5) is 5.69 Å². The molecule has 0 aliphatic heterocycles. The minimum Gasteiger partial charge on any atom is -0.478 e. The van der Waals surface area contributed by atoms with Crippen LogP contribution in [-0.4, -0.2) is 16.9 Å². The fraction of sp³-hybridized carbons (Fsp3) is 0.571. The lowest BCUT2D eigenvalue weighted by Crippen LogP contribution is -1.94. The van der Waals surface area contributed by atoms with E-state index in [-0.39, 0.29) is 0 Å². The Morgan fingerprint density at radius 1 is 1.73 bits per heavy atom. The summed E-state index contributed by atoms with van der Waals surface area (Å²) < 4.78 is 6.83. The fourth-order valence-electron chi connectivity index (χ4n) is 1.07. The monoisotopic (exact) mass is 153 g/mol. The molecule has 0 unspecified atom stereocenters. The zero-order valence-corrected chi connectivity index (χ0v) is 6.45. The number of ether oxygens (including phenoxy) is 1. The second-order valence-electron chi connectivity index (χ2n) is 2.80. The minimum absolute atomic E-state index is 0.539. The largest absolute Gasteiger partial charge is 0.478 e. The van der Waals surface area contributed by atoms with Crippen LogP contribution in [-0.2, 0) is 0 Å². The van der Waals surface area contributed by atoms with Crippen molar-refractivity contribution < 1.29 is 4.74 Å². The number of nitrogens with zero attached hydrogens (tertiary/aromatic N) is 2. The summed E-state index contributed by atoms with van der Waals surface area (Å²) in [6, 6.07) is 0.571. The highest BCUT2D eigenvalue weighted by Crippen LogP contribution is 2.36. The van der Waals surface area contributed by atoms with Crippen molar-refractivity contribution in [1.29, 1.82) is 0 Å². The molecule has 2 N–H and O–H groups in total. The first-order valence-electron chi connectivity index (χ1n) is 3.70. The molecule has 11 heavy (non-hydrogen) atoms. The Morgan fingerprint density at radius 3 is 2.91 bits per heavy atom. The summed E-state index contributed by atoms with van der Waals surface area (Å²) in [5, 5.41) is 4.16. The van der Waals surface area contributed by atoms with Crippen LogP contribution in [0.25, 0.3) is 0 Å². The summed E-state index contributed by atoms with van der Waals surface area (Å²) in [6.07, 6.45) is 4.26. The standard InChI is InChI=1S/C7H11N3O/c1-11-7-6(8)4-10(9-7)5-2-3-5/h4-5H,2-3,8H2,1H3. The van der Waals surface area contributed by atoms with Gasteiger partial charge in [0.25, 0.3) is 5.88 Å². The summed E-state index contributed by atoms with van der Waals surface area (Å²) in [6.45, 7) is 0. The first-order chi connectivity index (χ1) is 5.31. The number of aromatic nitrogens is 2. The van der Waals surface area contributed by atoms with E-state index in [4.69, 9.17) is 10.5 Å². The molecule has 0 amide bonds. The summed E-state index contributed by atoms with van der Waals surface area (Å²) in [4.78, 5) is 0. The molecule has 0 spiro atoms. The van der Waals surface area contributed by atoms with Gasteiger partial charge in [-0.15, -0.1) is 5.10 Å². The van der Waals surface area contributed by atoms with Gasteiger partial charge in [-0.3, -0.25) is 4.68 Å². The fourth-order valence-corrected chi connectivity index (χ4v) is 1.07. The van der Waals surface area contributed by atoms with Gasteiger partial charge >= 0.3 is 0 Å². The maximum atomic E-state index is 5.61. The number of hydrogen-bond acceptors (Lipinski definition) is 3. The van der Waals surface area contributed by atoms with Crippen molar-refractivity contribution in [2.75, 3.05) is 12.8 Å². The summed E-state index contributed by atoms with van der Waals surface area (Å²) in [7, 11) is 1.58. The van der Waals surface area contributed by atoms with Gasteiger partial charge in [-0.25, -0.2) is 0 Å². The molecule has 4 heteroatoms. The predicted octanol–water partition coefficient (Wildman–Crippen LogP) is 0.809. The van der Waals surface area contributed by atoms with E-state index in [2.05, 4.69) is 5.10 Å². The van der Waals surface area contributed by atoms with Crippen LogP contribution in [0.2, 0.25) is 0 Å². The molecule has 4 nitrogen and oxygen atoms in total. The number of anilines is 1. The second-order valence-corrected chi connectivity index (χ2v) is 2.80. The molecule has 1 aliphatic carbocycles. The SMILES string of the molecule is COc1nn(C2CC2)cc1N. The topological polar surface area (TPSA) is 53.1 Å². The molecule has 1 aromatic heterocycles. The molecule has 1 fully saturated rings. The van der Waals surface area contributed by atoms with Crippen molar-refractivity contribution in [2.24, 2.45) is 0 Å². The van der Waals surface area contributed by atoms with Crippen molar-refractivity contribution in [3.63, 3.8) is 0 Å². The summed E-state index contributed by atoms with van der Waals surface area (Å²) in [5.41, 5.74) is 6.23. The summed E-state index contributed by atoms with van der Waals surface area (Å²) in [5.74, 6) is 0.539. The van der Waals surface area contributed by atoms with Gasteiger partial charge in [-0.2, -0.15) is 0 Å². The van der Waals surface area contributed by atoms with Gasteiger partial charge in [0, 0.05) is 0 Å². The Bertz CT molecular complexity index is 265. The molecule has 60 valence electrons. The Balaban J connectivity index is 2.28. The Kier molecular flexibility index (Phi) is 1.27. The average molecular weight is 153 g/mol. The average Bonchev–Trinajstić information content (AvgIpc) is 2.76. The predicted molar refractivity (Wildman–Crippen MR) is 41.5 cm³/mol. The van der Waals surface area contributed by atoms with Crippen molar-refractivity contribution in [3.05, 3.63) is 6.20 Å².